The van der Waals surface area contributed by atoms with Gasteiger partial charge in [-0.2, -0.15) is 0 Å². The Kier molecular flexibility index (Phi) is 9.00. The highest BCUT2D eigenvalue weighted by molar-refractivity contribution is 5.74. The zero-order chi connectivity index (χ0) is 14.8. The van der Waals surface area contributed by atoms with Crippen LogP contribution in [0.4, 0.5) is 4.79 Å². The predicted octanol–water partition coefficient (Wildman–Crippen LogP) is 2.71. The monoisotopic (exact) mass is 272 g/mol. The molecule has 0 radical (unpaired) electrons. The van der Waals surface area contributed by atoms with Crippen LogP contribution in [0.3, 0.4) is 0 Å². The molecular weight excluding hydrogens is 244 g/mol. The van der Waals surface area contributed by atoms with Crippen LogP contribution in [0.1, 0.15) is 53.4 Å². The van der Waals surface area contributed by atoms with Crippen LogP contribution in [0.15, 0.2) is 0 Å². The molecule has 0 aromatic rings. The van der Waals surface area contributed by atoms with Gasteiger partial charge in [0, 0.05) is 25.6 Å². The highest BCUT2D eigenvalue weighted by atomic mass is 16.4. The van der Waals surface area contributed by atoms with Gasteiger partial charge in [-0.05, 0) is 39.0 Å². The molecule has 112 valence electrons. The van der Waals surface area contributed by atoms with Gasteiger partial charge in [-0.1, -0.05) is 13.8 Å². The molecule has 5 heteroatoms. The van der Waals surface area contributed by atoms with E-state index < -0.39 is 5.97 Å². The summed E-state index contributed by atoms with van der Waals surface area (Å²) in [6.45, 7) is 9.40. The highest BCUT2D eigenvalue weighted by Gasteiger charge is 2.16. The third-order valence-electron chi connectivity index (χ3n) is 3.49. The number of aliphatic carboxylic acids is 1. The number of nitrogens with zero attached hydrogens (tertiary/aromatic N) is 1. The summed E-state index contributed by atoms with van der Waals surface area (Å²) in [5.41, 5.74) is 0. The van der Waals surface area contributed by atoms with Crippen LogP contribution in [-0.2, 0) is 4.79 Å². The van der Waals surface area contributed by atoms with E-state index in [4.69, 9.17) is 5.11 Å². The molecule has 0 aromatic heterocycles. The number of amides is 2. The number of carboxylic acid groups (broad SMARTS) is 1. The molecule has 0 spiro atoms. The lowest BCUT2D eigenvalue weighted by Crippen LogP contribution is -2.45. The molecule has 0 aliphatic carbocycles. The van der Waals surface area contributed by atoms with Crippen molar-refractivity contribution in [1.82, 2.24) is 10.2 Å². The summed E-state index contributed by atoms with van der Waals surface area (Å²) < 4.78 is 0. The smallest absolute Gasteiger partial charge is 0.317 e. The zero-order valence-corrected chi connectivity index (χ0v) is 12.6. The first-order chi connectivity index (χ1) is 8.92. The fraction of sp³-hybridized carbons (Fsp3) is 0.857. The van der Waals surface area contributed by atoms with Crippen molar-refractivity contribution in [3.8, 4) is 0 Å². The van der Waals surface area contributed by atoms with Gasteiger partial charge >= 0.3 is 12.0 Å². The molecular formula is C14H28N2O3. The number of nitrogens with one attached hydrogen (secondary N) is 1. The van der Waals surface area contributed by atoms with E-state index in [1.165, 1.54) is 0 Å². The molecule has 19 heavy (non-hydrogen) atoms. The van der Waals surface area contributed by atoms with E-state index in [9.17, 15) is 9.59 Å². The van der Waals surface area contributed by atoms with Crippen LogP contribution in [0.2, 0.25) is 0 Å². The fourth-order valence-electron chi connectivity index (χ4n) is 1.92. The maximum atomic E-state index is 11.9. The second-order valence-electron chi connectivity index (χ2n) is 5.10. The summed E-state index contributed by atoms with van der Waals surface area (Å²) in [7, 11) is 0. The summed E-state index contributed by atoms with van der Waals surface area (Å²) >= 11 is 0. The first-order valence-electron chi connectivity index (χ1n) is 7.18. The van der Waals surface area contributed by atoms with Crippen molar-refractivity contribution in [2.45, 2.75) is 59.4 Å². The van der Waals surface area contributed by atoms with Gasteiger partial charge in [-0.15, -0.1) is 0 Å². The number of hydrogen-bond acceptors (Lipinski definition) is 2. The third-order valence-corrected chi connectivity index (χ3v) is 3.49. The number of hydrogen-bond donors (Lipinski definition) is 2. The molecule has 5 nitrogen and oxygen atoms in total. The molecule has 2 N–H and O–H groups in total. The Morgan fingerprint density at radius 1 is 1.21 bits per heavy atom. The summed E-state index contributed by atoms with van der Waals surface area (Å²) in [6.07, 6.45) is 2.62. The normalized spacial score (nSPS) is 13.7. The number of rotatable bonds is 9. The largest absolute Gasteiger partial charge is 0.481 e. The highest BCUT2D eigenvalue weighted by Crippen LogP contribution is 2.09. The Labute approximate surface area is 116 Å². The second kappa shape index (κ2) is 9.64. The predicted molar refractivity (Wildman–Crippen MR) is 76.2 cm³/mol. The van der Waals surface area contributed by atoms with E-state index in [2.05, 4.69) is 12.2 Å². The first-order valence-corrected chi connectivity index (χ1v) is 7.18. The van der Waals surface area contributed by atoms with Gasteiger partial charge in [0.2, 0.25) is 0 Å². The van der Waals surface area contributed by atoms with Crippen LogP contribution in [0.25, 0.3) is 0 Å². The van der Waals surface area contributed by atoms with Gasteiger partial charge < -0.3 is 15.3 Å². The summed E-state index contributed by atoms with van der Waals surface area (Å²) in [4.78, 5) is 24.2. The lowest BCUT2D eigenvalue weighted by molar-refractivity contribution is -0.137. The Morgan fingerprint density at radius 3 is 2.32 bits per heavy atom. The summed E-state index contributed by atoms with van der Waals surface area (Å²) in [6, 6.07) is 0.219. The molecule has 0 saturated carbocycles. The van der Waals surface area contributed by atoms with E-state index in [0.29, 0.717) is 25.4 Å². The molecule has 0 fully saturated rings. The van der Waals surface area contributed by atoms with Gasteiger partial charge in [-0.25, -0.2) is 4.79 Å². The van der Waals surface area contributed by atoms with Crippen molar-refractivity contribution < 1.29 is 14.7 Å². The van der Waals surface area contributed by atoms with Crippen LogP contribution < -0.4 is 5.32 Å². The Morgan fingerprint density at radius 2 is 1.84 bits per heavy atom. The van der Waals surface area contributed by atoms with Crippen LogP contribution >= 0.6 is 0 Å². The van der Waals surface area contributed by atoms with Crippen molar-refractivity contribution in [3.05, 3.63) is 0 Å². The second-order valence-corrected chi connectivity index (χ2v) is 5.10. The Balaban J connectivity index is 3.92. The molecule has 0 saturated heterocycles. The minimum Gasteiger partial charge on any atom is -0.481 e. The lowest BCUT2D eigenvalue weighted by atomic mass is 10.0. The molecule has 0 aliphatic rings. The summed E-state index contributed by atoms with van der Waals surface area (Å²) in [5, 5.41) is 11.5. The van der Waals surface area contributed by atoms with E-state index in [0.717, 1.165) is 12.8 Å². The maximum Gasteiger partial charge on any atom is 0.317 e. The maximum absolute atomic E-state index is 11.9. The molecule has 2 atom stereocenters. The zero-order valence-electron chi connectivity index (χ0n) is 12.6. The third kappa shape index (κ3) is 7.70. The average molecular weight is 272 g/mol. The van der Waals surface area contributed by atoms with Crippen LogP contribution in [-0.4, -0.2) is 41.1 Å². The van der Waals surface area contributed by atoms with Crippen molar-refractivity contribution in [1.29, 1.82) is 0 Å². The van der Waals surface area contributed by atoms with Crippen LogP contribution in [0.5, 0.6) is 0 Å². The topological polar surface area (TPSA) is 69.6 Å². The van der Waals surface area contributed by atoms with E-state index in [-0.39, 0.29) is 18.5 Å². The van der Waals surface area contributed by atoms with E-state index in [1.54, 1.807) is 0 Å². The van der Waals surface area contributed by atoms with Gasteiger partial charge in [0.05, 0.1) is 0 Å². The quantitative estimate of drug-likeness (QED) is 0.678. The van der Waals surface area contributed by atoms with Crippen LogP contribution in [0, 0.1) is 5.92 Å². The number of carbonyl (C=O) groups is 2. The van der Waals surface area contributed by atoms with Crippen molar-refractivity contribution in [3.63, 3.8) is 0 Å². The lowest BCUT2D eigenvalue weighted by Gasteiger charge is -2.27. The number of urea groups is 1. The van der Waals surface area contributed by atoms with Crippen molar-refractivity contribution >= 4 is 12.0 Å². The molecule has 0 heterocycles. The van der Waals surface area contributed by atoms with Gasteiger partial charge in [0.1, 0.15) is 0 Å². The fourth-order valence-corrected chi connectivity index (χ4v) is 1.92. The molecule has 0 aromatic carbocycles. The minimum absolute atomic E-state index is 0.0257. The standard InChI is InChI=1S/C14H28N2O3/c1-5-12(4)16(6-2)14(19)15-10-9-11(3)7-8-13(17)18/h11-12H,5-10H2,1-4H3,(H,15,19)(H,17,18). The van der Waals surface area contributed by atoms with Gasteiger partial charge in [-0.3, -0.25) is 4.79 Å². The molecule has 2 amide bonds. The first kappa shape index (κ1) is 17.7. The van der Waals surface area contributed by atoms with Crippen molar-refractivity contribution in [2.75, 3.05) is 13.1 Å². The van der Waals surface area contributed by atoms with Crippen molar-refractivity contribution in [2.24, 2.45) is 5.92 Å². The molecule has 0 bridgehead atoms. The average Bonchev–Trinajstić information content (AvgIpc) is 2.36. The summed E-state index contributed by atoms with van der Waals surface area (Å²) in [5.74, 6) is -0.445. The van der Waals surface area contributed by atoms with Gasteiger partial charge in [0.15, 0.2) is 0 Å². The van der Waals surface area contributed by atoms with E-state index >= 15 is 0 Å². The molecule has 0 rings (SSSR count). The molecule has 2 unspecified atom stereocenters. The Hall–Kier alpha value is -1.26. The number of carboxylic acids is 1. The SMILES string of the molecule is CCC(C)N(CC)C(=O)NCCC(C)CCC(=O)O. The number of carbonyl (C=O) groups excluding carboxylic acids is 1. The molecule has 0 aliphatic heterocycles. The van der Waals surface area contributed by atoms with Gasteiger partial charge in [0.25, 0.3) is 0 Å². The minimum atomic E-state index is -0.759. The Bertz CT molecular complexity index is 282. The van der Waals surface area contributed by atoms with E-state index in [1.807, 2.05) is 25.7 Å².